The monoisotopic (exact) mass is 580 g/mol. The van der Waals surface area contributed by atoms with E-state index in [4.69, 9.17) is 0 Å². The average molecular weight is 581 g/mol. The molecule has 2 saturated heterocycles. The van der Waals surface area contributed by atoms with Crippen LogP contribution in [0.15, 0.2) is 35.6 Å². The average Bonchev–Trinajstić information content (AvgIpc) is 3.63. The molecule has 14 heteroatoms. The van der Waals surface area contributed by atoms with Crippen molar-refractivity contribution in [3.8, 4) is 10.4 Å². The van der Waals surface area contributed by atoms with Crippen LogP contribution in [0.3, 0.4) is 0 Å². The minimum absolute atomic E-state index is 0.213. The fourth-order valence-corrected chi connectivity index (χ4v) is 7.76. The standard InChI is InChI=1S/C26H28N8O4S2/c1-40(37,38)14-33-12-17(10-29-33)20-13-34-26(39-20)21-23(31-34)22-19(30-25(21)36)8-16(9-28-22)24(35)27-6-7-32-11-15-2-4-18(32)5-3-15/h8-10,12-13,15,18H,2-7,11,14H2,1H3,(H,27,35)(H,30,36). The van der Waals surface area contributed by atoms with Gasteiger partial charge in [-0.1, -0.05) is 0 Å². The second-order valence-electron chi connectivity index (χ2n) is 10.9. The van der Waals surface area contributed by atoms with Gasteiger partial charge in [0.15, 0.2) is 9.84 Å². The molecule has 3 fully saturated rings. The van der Waals surface area contributed by atoms with Crippen LogP contribution in [0.1, 0.15) is 36.0 Å². The lowest BCUT2D eigenvalue weighted by Crippen LogP contribution is -2.50. The number of hydrogen-bond acceptors (Lipinski definition) is 9. The van der Waals surface area contributed by atoms with Crippen molar-refractivity contribution in [2.24, 2.45) is 5.92 Å². The summed E-state index contributed by atoms with van der Waals surface area (Å²) >= 11 is 1.36. The van der Waals surface area contributed by atoms with Crippen LogP contribution in [-0.2, 0) is 15.7 Å². The Hall–Kier alpha value is -3.62. The Morgan fingerprint density at radius 3 is 2.75 bits per heavy atom. The minimum atomic E-state index is -3.23. The van der Waals surface area contributed by atoms with Crippen LogP contribution in [0, 0.1) is 5.92 Å². The molecule has 0 unspecified atom stereocenters. The molecular weight excluding hydrogens is 552 g/mol. The second kappa shape index (κ2) is 9.49. The summed E-state index contributed by atoms with van der Waals surface area (Å²) in [5, 5.41) is 12.2. The van der Waals surface area contributed by atoms with Crippen LogP contribution in [-0.4, -0.2) is 80.5 Å². The van der Waals surface area contributed by atoms with Crippen molar-refractivity contribution in [3.63, 3.8) is 0 Å². The summed E-state index contributed by atoms with van der Waals surface area (Å²) in [6.07, 6.45) is 12.9. The van der Waals surface area contributed by atoms with E-state index in [0.29, 0.717) is 44.9 Å². The predicted molar refractivity (Wildman–Crippen MR) is 152 cm³/mol. The van der Waals surface area contributed by atoms with Crippen LogP contribution in [0.25, 0.3) is 37.2 Å². The summed E-state index contributed by atoms with van der Waals surface area (Å²) in [5.41, 5.74) is 2.21. The largest absolute Gasteiger partial charge is 0.351 e. The number of amides is 1. The highest BCUT2D eigenvalue weighted by Crippen LogP contribution is 2.35. The van der Waals surface area contributed by atoms with Gasteiger partial charge in [-0.15, -0.1) is 11.3 Å². The molecule has 2 bridgehead atoms. The van der Waals surface area contributed by atoms with Crippen molar-refractivity contribution in [1.82, 2.24) is 39.6 Å². The van der Waals surface area contributed by atoms with Crippen molar-refractivity contribution >= 4 is 53.8 Å². The Morgan fingerprint density at radius 1 is 1.18 bits per heavy atom. The zero-order valence-corrected chi connectivity index (χ0v) is 23.5. The molecule has 0 radical (unpaired) electrons. The van der Waals surface area contributed by atoms with E-state index in [-0.39, 0.29) is 17.3 Å². The Labute approximate surface area is 232 Å². The van der Waals surface area contributed by atoms with Gasteiger partial charge in [-0.2, -0.15) is 10.2 Å². The first-order valence-electron chi connectivity index (χ1n) is 13.3. The number of aromatic amines is 1. The van der Waals surface area contributed by atoms with Gasteiger partial charge in [0.2, 0.25) is 0 Å². The maximum Gasteiger partial charge on any atom is 0.261 e. The highest BCUT2D eigenvalue weighted by atomic mass is 32.2. The van der Waals surface area contributed by atoms with E-state index in [0.717, 1.165) is 35.7 Å². The maximum atomic E-state index is 13.1. The molecule has 2 N–H and O–H groups in total. The van der Waals surface area contributed by atoms with Crippen molar-refractivity contribution in [2.75, 3.05) is 25.9 Å². The lowest BCUT2D eigenvalue weighted by atomic mass is 9.80. The van der Waals surface area contributed by atoms with Crippen LogP contribution in [0.5, 0.6) is 0 Å². The first-order valence-corrected chi connectivity index (χ1v) is 16.2. The number of carbonyl (C=O) groups is 1. The summed E-state index contributed by atoms with van der Waals surface area (Å²) in [4.78, 5) is 37.3. The highest BCUT2D eigenvalue weighted by molar-refractivity contribution is 7.89. The summed E-state index contributed by atoms with van der Waals surface area (Å²) < 4.78 is 26.2. The Kier molecular flexibility index (Phi) is 6.02. The molecule has 8 rings (SSSR count). The van der Waals surface area contributed by atoms with Crippen molar-refractivity contribution in [1.29, 1.82) is 0 Å². The molecule has 1 aliphatic carbocycles. The number of pyridine rings is 2. The van der Waals surface area contributed by atoms with Gasteiger partial charge in [0.1, 0.15) is 27.1 Å². The third-order valence-electron chi connectivity index (χ3n) is 7.96. The molecule has 40 heavy (non-hydrogen) atoms. The Morgan fingerprint density at radius 2 is 2.00 bits per heavy atom. The predicted octanol–water partition coefficient (Wildman–Crippen LogP) is 2.26. The van der Waals surface area contributed by atoms with E-state index in [1.165, 1.54) is 47.9 Å². The van der Waals surface area contributed by atoms with Gasteiger partial charge in [0.25, 0.3) is 11.5 Å². The molecule has 0 spiro atoms. The number of nitrogens with zero attached hydrogens (tertiary/aromatic N) is 6. The fraction of sp³-hybridized carbons (Fsp3) is 0.423. The van der Waals surface area contributed by atoms with Crippen LogP contribution in [0.4, 0.5) is 0 Å². The van der Waals surface area contributed by atoms with Gasteiger partial charge in [-0.25, -0.2) is 12.9 Å². The van der Waals surface area contributed by atoms with Crippen LogP contribution < -0.4 is 10.9 Å². The van der Waals surface area contributed by atoms with E-state index in [2.05, 4.69) is 30.4 Å². The second-order valence-corrected chi connectivity index (χ2v) is 14.0. The van der Waals surface area contributed by atoms with E-state index in [1.54, 1.807) is 29.2 Å². The summed E-state index contributed by atoms with van der Waals surface area (Å²) in [6.45, 7) is 2.55. The zero-order valence-electron chi connectivity index (χ0n) is 21.8. The molecule has 0 atom stereocenters. The van der Waals surface area contributed by atoms with Crippen LogP contribution >= 0.6 is 11.3 Å². The van der Waals surface area contributed by atoms with Crippen LogP contribution in [0.2, 0.25) is 0 Å². The molecule has 12 nitrogen and oxygen atoms in total. The molecule has 2 aliphatic heterocycles. The number of fused-ring (bicyclic) bond motifs is 8. The number of nitrogens with one attached hydrogen (secondary N) is 2. The Balaban J connectivity index is 1.12. The molecule has 3 aliphatic rings. The minimum Gasteiger partial charge on any atom is -0.351 e. The topological polar surface area (TPSA) is 147 Å². The van der Waals surface area contributed by atoms with E-state index in [9.17, 15) is 18.0 Å². The molecule has 208 valence electrons. The summed E-state index contributed by atoms with van der Waals surface area (Å²) in [5.74, 6) is 0.369. The van der Waals surface area contributed by atoms with Gasteiger partial charge < -0.3 is 10.3 Å². The number of hydrogen-bond donors (Lipinski definition) is 2. The van der Waals surface area contributed by atoms with E-state index in [1.807, 2.05) is 0 Å². The molecule has 5 aromatic rings. The quantitative estimate of drug-likeness (QED) is 0.298. The molecule has 0 aromatic carbocycles. The molecular formula is C26H28N8O4S2. The van der Waals surface area contributed by atoms with Gasteiger partial charge in [-0.05, 0) is 37.7 Å². The maximum absolute atomic E-state index is 13.1. The third kappa shape index (κ3) is 4.59. The lowest BCUT2D eigenvalue weighted by Gasteiger charge is -2.45. The van der Waals surface area contributed by atoms with Gasteiger partial charge in [0.05, 0.1) is 22.2 Å². The van der Waals surface area contributed by atoms with Gasteiger partial charge in [-0.3, -0.25) is 24.2 Å². The Bertz CT molecular complexity index is 1950. The molecule has 1 saturated carbocycles. The van der Waals surface area contributed by atoms with Gasteiger partial charge in [0, 0.05) is 56.1 Å². The number of carbonyl (C=O) groups excluding carboxylic acids is 1. The fourth-order valence-electron chi connectivity index (χ4n) is 6.07. The highest BCUT2D eigenvalue weighted by Gasteiger charge is 2.33. The van der Waals surface area contributed by atoms with Crippen molar-refractivity contribution in [2.45, 2.75) is 37.6 Å². The lowest BCUT2D eigenvalue weighted by molar-refractivity contribution is 0.0494. The SMILES string of the molecule is CS(=O)(=O)Cn1cc(-c2cn3nc4c5ncc(C(=O)NCCN6CC7CCC6CC7)cc5[nH]c(=O)c4c3s2)cn1. The van der Waals surface area contributed by atoms with Crippen molar-refractivity contribution < 1.29 is 13.2 Å². The summed E-state index contributed by atoms with van der Waals surface area (Å²) in [6, 6.07) is 2.30. The van der Waals surface area contributed by atoms with Crippen molar-refractivity contribution in [3.05, 3.63) is 46.8 Å². The zero-order chi connectivity index (χ0) is 27.6. The summed E-state index contributed by atoms with van der Waals surface area (Å²) in [7, 11) is -3.23. The number of thiazole rings is 1. The first-order chi connectivity index (χ1) is 19.2. The number of H-pyrrole nitrogens is 1. The van der Waals surface area contributed by atoms with E-state index < -0.39 is 9.84 Å². The number of aromatic nitrogens is 6. The molecule has 1 amide bonds. The number of rotatable bonds is 7. The normalized spacial score (nSPS) is 19.7. The molecule has 5 aromatic heterocycles. The number of sulfone groups is 1. The first kappa shape index (κ1) is 25.4. The molecule has 7 heterocycles. The van der Waals surface area contributed by atoms with Gasteiger partial charge >= 0.3 is 0 Å². The number of piperidine rings is 2. The smallest absolute Gasteiger partial charge is 0.261 e. The van der Waals surface area contributed by atoms with E-state index >= 15 is 0 Å². The third-order valence-corrected chi connectivity index (χ3v) is 9.84.